The summed E-state index contributed by atoms with van der Waals surface area (Å²) in [5.41, 5.74) is 1.78. The van der Waals surface area contributed by atoms with Crippen LogP contribution in [0, 0.1) is 0 Å². The lowest BCUT2D eigenvalue weighted by Gasteiger charge is -2.02. The molecule has 1 aromatic carbocycles. The smallest absolute Gasteiger partial charge is 0.332 e. The summed E-state index contributed by atoms with van der Waals surface area (Å²) in [7, 11) is 1.33. The molecule has 0 fully saturated rings. The van der Waals surface area contributed by atoms with Crippen molar-refractivity contribution in [2.24, 2.45) is 0 Å². The van der Waals surface area contributed by atoms with E-state index in [-0.39, 0.29) is 30.1 Å². The van der Waals surface area contributed by atoms with E-state index < -0.39 is 5.97 Å². The lowest BCUT2D eigenvalue weighted by Crippen LogP contribution is -2.23. The summed E-state index contributed by atoms with van der Waals surface area (Å²) in [6.45, 7) is 25.4. The number of methoxy groups -OCH3 is 1. The standard InChI is InChI=1S/C8H15NO2.C8H8.C7H12O2.C5H8O2.C4H6O2/c1-3-5-6-11-7-9-8(10)4-2;1-2-8-6-4-3-5-7-8;1-3-5-6-9-7(8)4-2;1-4(2)5(6)7-3;1-3(2)4(5)6/h4H,2-3,5-7H2,1H3,(H,9,10);2-7H,1H2;4H,2-3,5-6H2,1H3;1H2,2-3H3;1H2,2H3,(H,5,6). The van der Waals surface area contributed by atoms with Crippen molar-refractivity contribution in [3.8, 4) is 0 Å². The van der Waals surface area contributed by atoms with Crippen LogP contribution in [0.1, 0.15) is 58.9 Å². The molecule has 0 heterocycles. The average molecular weight is 576 g/mol. The molecule has 9 nitrogen and oxygen atoms in total. The summed E-state index contributed by atoms with van der Waals surface area (Å²) < 4.78 is 14.0. The Labute approximate surface area is 246 Å². The van der Waals surface area contributed by atoms with E-state index in [4.69, 9.17) is 9.84 Å². The highest BCUT2D eigenvalue weighted by Gasteiger charge is 1.95. The van der Waals surface area contributed by atoms with Gasteiger partial charge in [0.25, 0.3) is 0 Å². The Balaban J connectivity index is -0.000000212. The first-order valence-corrected chi connectivity index (χ1v) is 12.9. The van der Waals surface area contributed by atoms with E-state index in [0.29, 0.717) is 18.8 Å². The number of carbonyl (C=O) groups is 4. The van der Waals surface area contributed by atoms with Crippen molar-refractivity contribution in [1.82, 2.24) is 5.32 Å². The molecule has 0 radical (unpaired) electrons. The van der Waals surface area contributed by atoms with Gasteiger partial charge >= 0.3 is 17.9 Å². The molecule has 0 unspecified atom stereocenters. The highest BCUT2D eigenvalue weighted by Crippen LogP contribution is 1.97. The topological polar surface area (TPSA) is 128 Å². The Hall–Kier alpha value is -4.24. The maximum Gasteiger partial charge on any atom is 0.332 e. The molecule has 0 saturated carbocycles. The molecule has 1 amide bonds. The monoisotopic (exact) mass is 575 g/mol. The van der Waals surface area contributed by atoms with Crippen LogP contribution in [0.4, 0.5) is 0 Å². The van der Waals surface area contributed by atoms with E-state index >= 15 is 0 Å². The molecule has 0 atom stereocenters. The molecule has 0 saturated heterocycles. The molecule has 0 spiro atoms. The van der Waals surface area contributed by atoms with Gasteiger partial charge in [-0.25, -0.2) is 14.4 Å². The Morgan fingerprint density at radius 3 is 1.71 bits per heavy atom. The van der Waals surface area contributed by atoms with Crippen molar-refractivity contribution >= 4 is 29.9 Å². The Morgan fingerprint density at radius 2 is 1.39 bits per heavy atom. The SMILES string of the molecule is C=C(C)C(=O)O.C=C(C)C(=O)OC.C=CC(=O)NCOCCCC.C=CC(=O)OCCCC.C=Cc1ccccc1. The number of benzene rings is 1. The Morgan fingerprint density at radius 1 is 0.878 bits per heavy atom. The number of carboxylic acid groups (broad SMARTS) is 1. The van der Waals surface area contributed by atoms with Crippen LogP contribution in [-0.4, -0.2) is 56.0 Å². The molecule has 1 aromatic rings. The van der Waals surface area contributed by atoms with Gasteiger partial charge in [-0.15, -0.1) is 0 Å². The third kappa shape index (κ3) is 40.4. The second kappa shape index (κ2) is 33.8. The van der Waals surface area contributed by atoms with Gasteiger partial charge in [-0.05, 0) is 38.3 Å². The molecule has 41 heavy (non-hydrogen) atoms. The van der Waals surface area contributed by atoms with Crippen LogP contribution in [0.5, 0.6) is 0 Å². The van der Waals surface area contributed by atoms with E-state index in [1.54, 1.807) is 6.92 Å². The number of unbranched alkanes of at least 4 members (excludes halogenated alkanes) is 2. The fraction of sp³-hybridized carbons (Fsp3) is 0.375. The highest BCUT2D eigenvalue weighted by atomic mass is 16.5. The van der Waals surface area contributed by atoms with Crippen LogP contribution in [0.25, 0.3) is 6.08 Å². The molecular formula is C32H49NO8. The summed E-state index contributed by atoms with van der Waals surface area (Å²) in [6, 6.07) is 10.0. The Kier molecular flexibility index (Phi) is 36.1. The van der Waals surface area contributed by atoms with Gasteiger partial charge in [0.15, 0.2) is 0 Å². The van der Waals surface area contributed by atoms with E-state index in [0.717, 1.165) is 25.7 Å². The third-order valence-electron chi connectivity index (χ3n) is 4.02. The normalized spacial score (nSPS) is 8.41. The van der Waals surface area contributed by atoms with Gasteiger partial charge < -0.3 is 24.6 Å². The van der Waals surface area contributed by atoms with Crippen LogP contribution in [0.2, 0.25) is 0 Å². The zero-order valence-electron chi connectivity index (χ0n) is 25.4. The van der Waals surface area contributed by atoms with Gasteiger partial charge in [-0.1, -0.05) is 96.0 Å². The van der Waals surface area contributed by atoms with Gasteiger partial charge in [0.1, 0.15) is 6.73 Å². The zero-order chi connectivity index (χ0) is 32.5. The predicted octanol–water partition coefficient (Wildman–Crippen LogP) is 6.29. The van der Waals surface area contributed by atoms with E-state index in [1.165, 1.54) is 31.7 Å². The second-order valence-corrected chi connectivity index (χ2v) is 7.85. The minimum absolute atomic E-state index is 0.176. The molecule has 0 aliphatic carbocycles. The van der Waals surface area contributed by atoms with Gasteiger partial charge in [0, 0.05) is 23.8 Å². The molecular weight excluding hydrogens is 526 g/mol. The molecule has 0 aliphatic heterocycles. The number of aliphatic carboxylic acids is 1. The summed E-state index contributed by atoms with van der Waals surface area (Å²) in [4.78, 5) is 40.7. The van der Waals surface area contributed by atoms with E-state index in [9.17, 15) is 19.2 Å². The van der Waals surface area contributed by atoms with Crippen molar-refractivity contribution in [3.63, 3.8) is 0 Å². The third-order valence-corrected chi connectivity index (χ3v) is 4.02. The van der Waals surface area contributed by atoms with Crippen molar-refractivity contribution in [3.05, 3.63) is 92.1 Å². The van der Waals surface area contributed by atoms with Gasteiger partial charge in [-0.2, -0.15) is 0 Å². The minimum atomic E-state index is -0.935. The number of carboxylic acids is 1. The fourth-order valence-electron chi connectivity index (χ4n) is 1.65. The van der Waals surface area contributed by atoms with Gasteiger partial charge in [0.2, 0.25) is 5.91 Å². The summed E-state index contributed by atoms with van der Waals surface area (Å²) >= 11 is 0. The average Bonchev–Trinajstić information content (AvgIpc) is 2.98. The maximum absolute atomic E-state index is 10.5. The van der Waals surface area contributed by atoms with Crippen molar-refractivity contribution in [2.45, 2.75) is 53.4 Å². The summed E-state index contributed by atoms with van der Waals surface area (Å²) in [5, 5.41) is 10.4. The molecule has 0 bridgehead atoms. The number of carbonyl (C=O) groups excluding carboxylic acids is 3. The Bertz CT molecular complexity index is 896. The van der Waals surface area contributed by atoms with Crippen molar-refractivity contribution in [2.75, 3.05) is 27.1 Å². The number of ether oxygens (including phenoxy) is 3. The number of hydrogen-bond acceptors (Lipinski definition) is 7. The molecule has 0 aliphatic rings. The van der Waals surface area contributed by atoms with E-state index in [1.807, 2.05) is 43.3 Å². The number of nitrogens with one attached hydrogen (secondary N) is 1. The fourth-order valence-corrected chi connectivity index (χ4v) is 1.65. The first kappa shape index (κ1) is 43.8. The first-order chi connectivity index (χ1) is 19.4. The molecule has 9 heteroatoms. The summed E-state index contributed by atoms with van der Waals surface area (Å²) in [6.07, 6.45) is 8.35. The largest absolute Gasteiger partial charge is 0.478 e. The molecule has 2 N–H and O–H groups in total. The minimum Gasteiger partial charge on any atom is -0.478 e. The molecule has 0 aromatic heterocycles. The van der Waals surface area contributed by atoms with Gasteiger partial charge in [0.05, 0.1) is 13.7 Å². The van der Waals surface area contributed by atoms with E-state index in [2.05, 4.69) is 54.6 Å². The summed E-state index contributed by atoms with van der Waals surface area (Å²) in [5.74, 6) is -1.81. The predicted molar refractivity (Wildman–Crippen MR) is 166 cm³/mol. The second-order valence-electron chi connectivity index (χ2n) is 7.85. The van der Waals surface area contributed by atoms with Crippen molar-refractivity contribution in [1.29, 1.82) is 0 Å². The number of amides is 1. The maximum atomic E-state index is 10.5. The molecule has 1 rings (SSSR count). The lowest BCUT2D eigenvalue weighted by atomic mass is 10.2. The number of rotatable bonds is 13. The quantitative estimate of drug-likeness (QED) is 0.122. The van der Waals surface area contributed by atoms with Crippen LogP contribution >= 0.6 is 0 Å². The highest BCUT2D eigenvalue weighted by molar-refractivity contribution is 5.87. The number of esters is 2. The van der Waals surface area contributed by atoms with Crippen LogP contribution in [0.15, 0.2) is 86.5 Å². The van der Waals surface area contributed by atoms with Crippen LogP contribution in [-0.2, 0) is 33.4 Å². The van der Waals surface area contributed by atoms with Crippen molar-refractivity contribution < 1.29 is 38.5 Å². The van der Waals surface area contributed by atoms with Crippen LogP contribution < -0.4 is 5.32 Å². The lowest BCUT2D eigenvalue weighted by molar-refractivity contribution is -0.138. The number of hydrogen-bond donors (Lipinski definition) is 2. The van der Waals surface area contributed by atoms with Crippen LogP contribution in [0.3, 0.4) is 0 Å². The zero-order valence-corrected chi connectivity index (χ0v) is 25.4. The molecule has 230 valence electrons. The van der Waals surface area contributed by atoms with Gasteiger partial charge in [-0.3, -0.25) is 4.79 Å². The first-order valence-electron chi connectivity index (χ1n) is 12.9.